The smallest absolute Gasteiger partial charge is 0.245 e. The van der Waals surface area contributed by atoms with Gasteiger partial charge in [-0.25, -0.2) is 12.8 Å². The molecule has 1 aromatic rings. The molecule has 2 N–H and O–H groups in total. The van der Waals surface area contributed by atoms with Crippen molar-refractivity contribution in [2.45, 2.75) is 31.6 Å². The number of sulfonamides is 1. The molecule has 1 aliphatic rings. The van der Waals surface area contributed by atoms with E-state index in [0.717, 1.165) is 25.0 Å². The maximum atomic E-state index is 13.0. The minimum atomic E-state index is -3.62. The standard InChI is InChI=1S/C14H21FN2O2S/c1-10(2)11-5-7-17(8-6-11)20(18,19)14-4-3-12(15)9-13(14)16/h3-4,9-11H,5-8,16H2,1-2H3. The van der Waals surface area contributed by atoms with Crippen LogP contribution >= 0.6 is 0 Å². The van der Waals surface area contributed by atoms with Gasteiger partial charge in [0.25, 0.3) is 0 Å². The van der Waals surface area contributed by atoms with Crippen LogP contribution in [-0.4, -0.2) is 25.8 Å². The van der Waals surface area contributed by atoms with Crippen LogP contribution in [0.25, 0.3) is 0 Å². The van der Waals surface area contributed by atoms with Crippen molar-refractivity contribution < 1.29 is 12.8 Å². The van der Waals surface area contributed by atoms with Gasteiger partial charge in [0, 0.05) is 13.1 Å². The monoisotopic (exact) mass is 300 g/mol. The number of hydrogen-bond acceptors (Lipinski definition) is 3. The largest absolute Gasteiger partial charge is 0.398 e. The summed E-state index contributed by atoms with van der Waals surface area (Å²) in [5.74, 6) is 0.600. The van der Waals surface area contributed by atoms with E-state index in [1.807, 2.05) is 0 Å². The summed E-state index contributed by atoms with van der Waals surface area (Å²) in [7, 11) is -3.62. The normalized spacial score (nSPS) is 18.6. The lowest BCUT2D eigenvalue weighted by molar-refractivity contribution is 0.226. The molecule has 0 saturated carbocycles. The average molecular weight is 300 g/mol. The quantitative estimate of drug-likeness (QED) is 0.872. The minimum Gasteiger partial charge on any atom is -0.398 e. The van der Waals surface area contributed by atoms with Crippen molar-refractivity contribution in [2.24, 2.45) is 11.8 Å². The van der Waals surface area contributed by atoms with Gasteiger partial charge in [-0.05, 0) is 42.9 Å². The fourth-order valence-electron chi connectivity index (χ4n) is 2.68. The highest BCUT2D eigenvalue weighted by Crippen LogP contribution is 2.30. The number of nitrogens with zero attached hydrogens (tertiary/aromatic N) is 1. The number of piperidine rings is 1. The zero-order chi connectivity index (χ0) is 14.9. The number of nitrogens with two attached hydrogens (primary N) is 1. The van der Waals surface area contributed by atoms with E-state index in [2.05, 4.69) is 13.8 Å². The molecular weight excluding hydrogens is 279 g/mol. The van der Waals surface area contributed by atoms with E-state index in [9.17, 15) is 12.8 Å². The first-order valence-electron chi connectivity index (χ1n) is 6.87. The summed E-state index contributed by atoms with van der Waals surface area (Å²) >= 11 is 0. The predicted octanol–water partition coefficient (Wildman–Crippen LogP) is 2.46. The molecule has 112 valence electrons. The number of halogens is 1. The van der Waals surface area contributed by atoms with Crippen molar-refractivity contribution in [3.05, 3.63) is 24.0 Å². The molecule has 4 nitrogen and oxygen atoms in total. The Morgan fingerprint density at radius 3 is 2.40 bits per heavy atom. The zero-order valence-electron chi connectivity index (χ0n) is 11.8. The second-order valence-corrected chi connectivity index (χ2v) is 7.57. The molecule has 0 bridgehead atoms. The maximum Gasteiger partial charge on any atom is 0.245 e. The summed E-state index contributed by atoms with van der Waals surface area (Å²) in [6.45, 7) is 5.32. The molecule has 1 fully saturated rings. The van der Waals surface area contributed by atoms with Crippen LogP contribution in [0, 0.1) is 17.7 Å². The molecule has 20 heavy (non-hydrogen) atoms. The van der Waals surface area contributed by atoms with Crippen LogP contribution in [0.2, 0.25) is 0 Å². The molecule has 1 heterocycles. The fourth-order valence-corrected chi connectivity index (χ4v) is 4.24. The number of benzene rings is 1. The molecule has 1 saturated heterocycles. The molecule has 0 aliphatic carbocycles. The van der Waals surface area contributed by atoms with Gasteiger partial charge in [-0.1, -0.05) is 13.8 Å². The van der Waals surface area contributed by atoms with E-state index in [-0.39, 0.29) is 10.6 Å². The Bertz CT molecular complexity index is 579. The zero-order valence-corrected chi connectivity index (χ0v) is 12.7. The molecule has 0 unspecified atom stereocenters. The summed E-state index contributed by atoms with van der Waals surface area (Å²) in [5, 5.41) is 0. The van der Waals surface area contributed by atoms with Crippen LogP contribution < -0.4 is 5.73 Å². The van der Waals surface area contributed by atoms with Gasteiger partial charge in [-0.3, -0.25) is 0 Å². The van der Waals surface area contributed by atoms with Crippen molar-refractivity contribution >= 4 is 15.7 Å². The van der Waals surface area contributed by atoms with Gasteiger partial charge in [0.1, 0.15) is 10.7 Å². The third-order valence-corrected chi connectivity index (χ3v) is 6.00. The lowest BCUT2D eigenvalue weighted by Gasteiger charge is -2.33. The van der Waals surface area contributed by atoms with Gasteiger partial charge in [0.05, 0.1) is 5.69 Å². The van der Waals surface area contributed by atoms with Crippen LogP contribution in [0.1, 0.15) is 26.7 Å². The highest BCUT2D eigenvalue weighted by molar-refractivity contribution is 7.89. The summed E-state index contributed by atoms with van der Waals surface area (Å²) in [4.78, 5) is 0.00176. The van der Waals surface area contributed by atoms with Crippen molar-refractivity contribution in [1.29, 1.82) is 0 Å². The molecule has 0 amide bonds. The third kappa shape index (κ3) is 2.96. The number of nitrogen functional groups attached to an aromatic ring is 1. The van der Waals surface area contributed by atoms with Crippen molar-refractivity contribution in [1.82, 2.24) is 4.31 Å². The molecular formula is C14H21FN2O2S. The van der Waals surface area contributed by atoms with E-state index < -0.39 is 15.8 Å². The van der Waals surface area contributed by atoms with E-state index in [0.29, 0.717) is 24.9 Å². The van der Waals surface area contributed by atoms with Gasteiger partial charge in [-0.15, -0.1) is 0 Å². The van der Waals surface area contributed by atoms with Crippen molar-refractivity contribution in [2.75, 3.05) is 18.8 Å². The van der Waals surface area contributed by atoms with Crippen molar-refractivity contribution in [3.63, 3.8) is 0 Å². The topological polar surface area (TPSA) is 63.4 Å². The van der Waals surface area contributed by atoms with E-state index >= 15 is 0 Å². The van der Waals surface area contributed by atoms with E-state index in [1.54, 1.807) is 0 Å². The van der Waals surface area contributed by atoms with Gasteiger partial charge in [-0.2, -0.15) is 4.31 Å². The van der Waals surface area contributed by atoms with Gasteiger partial charge in [0.15, 0.2) is 0 Å². The Kier molecular flexibility index (Phi) is 4.34. The summed E-state index contributed by atoms with van der Waals surface area (Å²) in [5.41, 5.74) is 5.61. The molecule has 1 aliphatic heterocycles. The summed E-state index contributed by atoms with van der Waals surface area (Å²) in [6, 6.07) is 3.42. The second-order valence-electron chi connectivity index (χ2n) is 5.67. The fraction of sp³-hybridized carbons (Fsp3) is 0.571. The number of hydrogen-bond donors (Lipinski definition) is 1. The Hall–Kier alpha value is -1.14. The molecule has 1 aromatic carbocycles. The van der Waals surface area contributed by atoms with Gasteiger partial charge >= 0.3 is 0 Å². The molecule has 0 radical (unpaired) electrons. The summed E-state index contributed by atoms with van der Waals surface area (Å²) in [6.07, 6.45) is 1.72. The molecule has 0 spiro atoms. The van der Waals surface area contributed by atoms with Crippen LogP contribution in [0.3, 0.4) is 0 Å². The number of rotatable bonds is 3. The maximum absolute atomic E-state index is 13.0. The minimum absolute atomic E-state index is 0.00176. The lowest BCUT2D eigenvalue weighted by Crippen LogP contribution is -2.39. The first kappa shape index (κ1) is 15.3. The Morgan fingerprint density at radius 1 is 1.30 bits per heavy atom. The first-order valence-corrected chi connectivity index (χ1v) is 8.31. The lowest BCUT2D eigenvalue weighted by atomic mass is 9.87. The van der Waals surface area contributed by atoms with Gasteiger partial charge in [0.2, 0.25) is 10.0 Å². The predicted molar refractivity (Wildman–Crippen MR) is 77.1 cm³/mol. The highest BCUT2D eigenvalue weighted by Gasteiger charge is 2.31. The van der Waals surface area contributed by atoms with Crippen molar-refractivity contribution in [3.8, 4) is 0 Å². The van der Waals surface area contributed by atoms with Crippen LogP contribution in [0.5, 0.6) is 0 Å². The first-order chi connectivity index (χ1) is 9.32. The van der Waals surface area contributed by atoms with Crippen LogP contribution in [0.4, 0.5) is 10.1 Å². The summed E-state index contributed by atoms with van der Waals surface area (Å²) < 4.78 is 39.5. The van der Waals surface area contributed by atoms with E-state index in [1.165, 1.54) is 10.4 Å². The van der Waals surface area contributed by atoms with Gasteiger partial charge < -0.3 is 5.73 Å². The molecule has 0 aromatic heterocycles. The van der Waals surface area contributed by atoms with E-state index in [4.69, 9.17) is 5.73 Å². The average Bonchev–Trinajstić information content (AvgIpc) is 2.38. The molecule has 2 rings (SSSR count). The number of anilines is 1. The third-order valence-electron chi connectivity index (χ3n) is 4.03. The molecule has 0 atom stereocenters. The highest BCUT2D eigenvalue weighted by atomic mass is 32.2. The Balaban J connectivity index is 2.20. The second kappa shape index (κ2) is 5.69. The SMILES string of the molecule is CC(C)C1CCN(S(=O)(=O)c2ccc(F)cc2N)CC1. The molecule has 6 heteroatoms. The Labute approximate surface area is 119 Å². The van der Waals surface area contributed by atoms with Crippen LogP contribution in [-0.2, 0) is 10.0 Å². The van der Waals surface area contributed by atoms with Crippen LogP contribution in [0.15, 0.2) is 23.1 Å². The Morgan fingerprint density at radius 2 is 1.90 bits per heavy atom.